The van der Waals surface area contributed by atoms with E-state index in [-0.39, 0.29) is 12.0 Å². The van der Waals surface area contributed by atoms with Crippen LogP contribution in [0.5, 0.6) is 0 Å². The van der Waals surface area contributed by atoms with Crippen LogP contribution in [0.2, 0.25) is 0 Å². The highest BCUT2D eigenvalue weighted by Gasteiger charge is 2.07. The number of nitrogens with one attached hydrogen (secondary N) is 1. The maximum atomic E-state index is 11.8. The Morgan fingerprint density at radius 3 is 2.68 bits per heavy atom. The zero-order valence-corrected chi connectivity index (χ0v) is 13.0. The third-order valence-corrected chi connectivity index (χ3v) is 3.26. The van der Waals surface area contributed by atoms with Crippen LogP contribution in [0.15, 0.2) is 42.7 Å². The lowest BCUT2D eigenvalue weighted by molar-refractivity contribution is 0.0634. The van der Waals surface area contributed by atoms with Crippen molar-refractivity contribution in [2.24, 2.45) is 0 Å². The van der Waals surface area contributed by atoms with E-state index >= 15 is 0 Å². The molecule has 1 heterocycles. The van der Waals surface area contributed by atoms with Crippen molar-refractivity contribution in [1.29, 1.82) is 0 Å². The van der Waals surface area contributed by atoms with E-state index in [2.05, 4.69) is 15.3 Å². The molecule has 0 saturated heterocycles. The lowest BCUT2D eigenvalue weighted by atomic mass is 10.1. The Hall–Kier alpha value is -2.27. The highest BCUT2D eigenvalue weighted by Crippen LogP contribution is 2.15. The van der Waals surface area contributed by atoms with Gasteiger partial charge in [0, 0.05) is 19.3 Å². The largest absolute Gasteiger partial charge is 0.374 e. The molecule has 22 heavy (non-hydrogen) atoms. The molecular weight excluding hydrogens is 278 g/mol. The van der Waals surface area contributed by atoms with E-state index < -0.39 is 0 Å². The normalized spacial score (nSPS) is 11.9. The number of aromatic nitrogens is 2. The minimum atomic E-state index is -0.205. The lowest BCUT2D eigenvalue weighted by Crippen LogP contribution is -2.26. The molecule has 0 saturated carbocycles. The molecule has 1 atom stereocenters. The maximum absolute atomic E-state index is 11.8. The molecule has 1 aromatic carbocycles. The summed E-state index contributed by atoms with van der Waals surface area (Å²) in [5.74, 6) is -0.205. The molecule has 5 heteroatoms. The van der Waals surface area contributed by atoms with Crippen molar-refractivity contribution in [1.82, 2.24) is 15.3 Å². The first-order valence-electron chi connectivity index (χ1n) is 7.40. The summed E-state index contributed by atoms with van der Waals surface area (Å²) in [6.45, 7) is 5.00. The van der Waals surface area contributed by atoms with Crippen LogP contribution in [0.3, 0.4) is 0 Å². The molecular formula is C17H21N3O2. The van der Waals surface area contributed by atoms with E-state index in [9.17, 15) is 4.79 Å². The van der Waals surface area contributed by atoms with Gasteiger partial charge in [-0.1, -0.05) is 30.3 Å². The average Bonchev–Trinajstić information content (AvgIpc) is 2.55. The number of carbonyl (C=O) groups is 1. The summed E-state index contributed by atoms with van der Waals surface area (Å²) < 4.78 is 5.75. The molecule has 2 aromatic rings. The first kappa shape index (κ1) is 16.1. The Balaban J connectivity index is 1.65. The van der Waals surface area contributed by atoms with E-state index in [1.165, 1.54) is 6.20 Å². The zero-order valence-electron chi connectivity index (χ0n) is 13.0. The molecule has 0 radical (unpaired) electrons. The van der Waals surface area contributed by atoms with Crippen molar-refractivity contribution >= 4 is 5.91 Å². The van der Waals surface area contributed by atoms with Gasteiger partial charge in [0.15, 0.2) is 0 Å². The number of hydrogen-bond acceptors (Lipinski definition) is 4. The van der Waals surface area contributed by atoms with Crippen LogP contribution < -0.4 is 5.32 Å². The molecule has 5 nitrogen and oxygen atoms in total. The molecule has 0 bridgehead atoms. The van der Waals surface area contributed by atoms with Gasteiger partial charge in [0.2, 0.25) is 0 Å². The van der Waals surface area contributed by atoms with Gasteiger partial charge in [-0.05, 0) is 25.8 Å². The maximum Gasteiger partial charge on any atom is 0.271 e. The molecule has 0 unspecified atom stereocenters. The van der Waals surface area contributed by atoms with E-state index in [1.807, 2.05) is 44.2 Å². The fourth-order valence-corrected chi connectivity index (χ4v) is 1.95. The monoisotopic (exact) mass is 299 g/mol. The van der Waals surface area contributed by atoms with Gasteiger partial charge >= 0.3 is 0 Å². The second kappa shape index (κ2) is 8.24. The van der Waals surface area contributed by atoms with Crippen LogP contribution in [0.1, 0.15) is 41.2 Å². The summed E-state index contributed by atoms with van der Waals surface area (Å²) in [6.07, 6.45) is 3.88. The highest BCUT2D eigenvalue weighted by atomic mass is 16.5. The Bertz CT molecular complexity index is 585. The van der Waals surface area contributed by atoms with E-state index in [4.69, 9.17) is 4.74 Å². The molecule has 0 aliphatic heterocycles. The van der Waals surface area contributed by atoms with Crippen LogP contribution in [0, 0.1) is 6.92 Å². The van der Waals surface area contributed by atoms with Crippen LogP contribution >= 0.6 is 0 Å². The molecule has 1 N–H and O–H groups in total. The van der Waals surface area contributed by atoms with Gasteiger partial charge in [0.05, 0.1) is 18.0 Å². The van der Waals surface area contributed by atoms with Crippen LogP contribution in [-0.2, 0) is 4.74 Å². The lowest BCUT2D eigenvalue weighted by Gasteiger charge is -2.13. The second-order valence-electron chi connectivity index (χ2n) is 5.08. The molecule has 0 aliphatic carbocycles. The molecule has 1 aromatic heterocycles. The average molecular weight is 299 g/mol. The van der Waals surface area contributed by atoms with Gasteiger partial charge in [-0.25, -0.2) is 4.98 Å². The fourth-order valence-electron chi connectivity index (χ4n) is 1.95. The van der Waals surface area contributed by atoms with E-state index in [0.29, 0.717) is 18.8 Å². The smallest absolute Gasteiger partial charge is 0.271 e. The van der Waals surface area contributed by atoms with Gasteiger partial charge in [-0.3, -0.25) is 9.78 Å². The first-order chi connectivity index (χ1) is 10.7. The van der Waals surface area contributed by atoms with Gasteiger partial charge < -0.3 is 10.1 Å². The van der Waals surface area contributed by atoms with Crippen molar-refractivity contribution in [3.63, 3.8) is 0 Å². The number of ether oxygens (including phenoxy) is 1. The van der Waals surface area contributed by atoms with Crippen molar-refractivity contribution in [2.45, 2.75) is 26.4 Å². The van der Waals surface area contributed by atoms with Gasteiger partial charge in [-0.2, -0.15) is 0 Å². The summed E-state index contributed by atoms with van der Waals surface area (Å²) in [4.78, 5) is 19.9. The quantitative estimate of drug-likeness (QED) is 0.798. The highest BCUT2D eigenvalue weighted by molar-refractivity contribution is 5.91. The molecule has 0 spiro atoms. The Morgan fingerprint density at radius 2 is 2.00 bits per heavy atom. The van der Waals surface area contributed by atoms with Gasteiger partial charge in [0.1, 0.15) is 5.69 Å². The minimum absolute atomic E-state index is 0.0554. The Morgan fingerprint density at radius 1 is 1.23 bits per heavy atom. The predicted octanol–water partition coefficient (Wildman–Crippen LogP) is 2.68. The summed E-state index contributed by atoms with van der Waals surface area (Å²) in [5.41, 5.74) is 2.28. The van der Waals surface area contributed by atoms with Gasteiger partial charge in [0.25, 0.3) is 5.91 Å². The third kappa shape index (κ3) is 4.93. The van der Waals surface area contributed by atoms with Crippen molar-refractivity contribution in [3.05, 3.63) is 59.7 Å². The molecule has 0 fully saturated rings. The Labute approximate surface area is 130 Å². The summed E-state index contributed by atoms with van der Waals surface area (Å²) >= 11 is 0. The first-order valence-corrected chi connectivity index (χ1v) is 7.40. The number of aryl methyl sites for hydroxylation is 1. The number of carbonyl (C=O) groups excluding carboxylic acids is 1. The van der Waals surface area contributed by atoms with Crippen molar-refractivity contribution < 1.29 is 9.53 Å². The molecule has 2 rings (SSSR count). The number of amides is 1. The topological polar surface area (TPSA) is 64.1 Å². The van der Waals surface area contributed by atoms with Crippen molar-refractivity contribution in [2.75, 3.05) is 13.2 Å². The fraction of sp³-hybridized carbons (Fsp3) is 0.353. The number of rotatable bonds is 7. The van der Waals surface area contributed by atoms with Crippen molar-refractivity contribution in [3.8, 4) is 0 Å². The number of hydrogen-bond donors (Lipinski definition) is 1. The summed E-state index contributed by atoms with van der Waals surface area (Å²) in [5, 5.41) is 2.81. The van der Waals surface area contributed by atoms with Gasteiger partial charge in [-0.15, -0.1) is 0 Å². The second-order valence-corrected chi connectivity index (χ2v) is 5.08. The minimum Gasteiger partial charge on any atom is -0.374 e. The predicted molar refractivity (Wildman–Crippen MR) is 84.5 cm³/mol. The summed E-state index contributed by atoms with van der Waals surface area (Å²) in [6, 6.07) is 10.1. The SMILES string of the molecule is Cc1cnc(C(=O)NCCCO[C@H](C)c2ccccc2)cn1. The van der Waals surface area contributed by atoms with E-state index in [0.717, 1.165) is 17.7 Å². The Kier molecular flexibility index (Phi) is 6.03. The number of nitrogens with zero attached hydrogens (tertiary/aromatic N) is 2. The molecule has 1 amide bonds. The zero-order chi connectivity index (χ0) is 15.8. The third-order valence-electron chi connectivity index (χ3n) is 3.26. The number of benzene rings is 1. The van der Waals surface area contributed by atoms with Crippen LogP contribution in [-0.4, -0.2) is 29.0 Å². The van der Waals surface area contributed by atoms with Crippen LogP contribution in [0.4, 0.5) is 0 Å². The summed E-state index contributed by atoms with van der Waals surface area (Å²) in [7, 11) is 0. The van der Waals surface area contributed by atoms with E-state index in [1.54, 1.807) is 6.20 Å². The van der Waals surface area contributed by atoms with Crippen LogP contribution in [0.25, 0.3) is 0 Å². The molecule has 0 aliphatic rings. The molecule has 116 valence electrons. The standard InChI is InChI=1S/C17H21N3O2/c1-13-11-20-16(12-19-13)17(21)18-9-6-10-22-14(2)15-7-4-3-5-8-15/h3-5,7-8,11-12,14H,6,9-10H2,1-2H3,(H,18,21)/t14-/m1/s1.